The Morgan fingerprint density at radius 1 is 0.659 bits per heavy atom. The fraction of sp³-hybridized carbons (Fsp3) is 0.0968. The van der Waals surface area contributed by atoms with E-state index in [9.17, 15) is 13.2 Å². The number of pyridine rings is 2. The van der Waals surface area contributed by atoms with Crippen LogP contribution in [0.3, 0.4) is 0 Å². The molecule has 10 heteroatoms. The first-order valence-corrected chi connectivity index (χ1v) is 12.5. The Bertz CT molecular complexity index is 1850. The molecule has 0 amide bonds. The Balaban J connectivity index is 0.00000302. The van der Waals surface area contributed by atoms with Crippen molar-refractivity contribution in [2.24, 2.45) is 0 Å². The predicted molar refractivity (Wildman–Crippen MR) is 141 cm³/mol. The molecule has 0 unspecified atom stereocenters. The number of aromatic nitrogens is 6. The van der Waals surface area contributed by atoms with Crippen LogP contribution in [0.5, 0.6) is 0 Å². The minimum absolute atomic E-state index is 0. The maximum Gasteiger partial charge on any atom is 2.00 e. The van der Waals surface area contributed by atoms with Crippen LogP contribution in [0, 0.1) is 19.3 Å². The quantitative estimate of drug-likeness (QED) is 0.205. The molecule has 7 rings (SSSR count). The zero-order valence-corrected chi connectivity index (χ0v) is 23.6. The van der Waals surface area contributed by atoms with E-state index >= 15 is 0 Å². The van der Waals surface area contributed by atoms with Crippen LogP contribution >= 0.6 is 0 Å². The number of nitrogens with zero attached hydrogens (tertiary/aromatic N) is 6. The van der Waals surface area contributed by atoms with Crippen molar-refractivity contribution in [1.82, 2.24) is 29.5 Å². The molecule has 1 aliphatic carbocycles. The molecule has 0 saturated heterocycles. The zero-order valence-electron chi connectivity index (χ0n) is 21.4. The number of alkyl halides is 3. The van der Waals surface area contributed by atoms with E-state index in [2.05, 4.69) is 34.7 Å². The van der Waals surface area contributed by atoms with Crippen molar-refractivity contribution in [2.45, 2.75) is 18.5 Å². The minimum Gasteiger partial charge on any atom is -0.343 e. The molecule has 204 valence electrons. The van der Waals surface area contributed by atoms with Gasteiger partial charge in [0.2, 0.25) is 0 Å². The van der Waals surface area contributed by atoms with Crippen LogP contribution in [0.4, 0.5) is 13.2 Å². The van der Waals surface area contributed by atoms with E-state index in [0.717, 1.165) is 38.7 Å². The van der Waals surface area contributed by atoms with E-state index in [1.54, 1.807) is 22.9 Å². The van der Waals surface area contributed by atoms with Crippen molar-refractivity contribution in [3.8, 4) is 22.8 Å². The van der Waals surface area contributed by atoms with Crippen LogP contribution in [-0.2, 0) is 32.7 Å². The molecule has 4 aromatic heterocycles. The smallest absolute Gasteiger partial charge is 0.343 e. The Labute approximate surface area is 247 Å². The molecule has 0 aliphatic heterocycles. The molecule has 0 radical (unpaired) electrons. The van der Waals surface area contributed by atoms with E-state index < -0.39 is 17.3 Å². The van der Waals surface area contributed by atoms with Crippen molar-refractivity contribution in [3.63, 3.8) is 0 Å². The summed E-state index contributed by atoms with van der Waals surface area (Å²) in [5.41, 5.74) is 4.07. The molecule has 0 bridgehead atoms. The fourth-order valence-corrected chi connectivity index (χ4v) is 5.45. The second kappa shape index (κ2) is 9.92. The third-order valence-electron chi connectivity index (χ3n) is 7.10. The summed E-state index contributed by atoms with van der Waals surface area (Å²) in [6.07, 6.45) is 1.07. The van der Waals surface area contributed by atoms with Gasteiger partial charge in [-0.25, -0.2) is 0 Å². The van der Waals surface area contributed by atoms with Crippen molar-refractivity contribution >= 4 is 0 Å². The number of halogens is 3. The van der Waals surface area contributed by atoms with Gasteiger partial charge in [0, 0.05) is 11.4 Å². The van der Waals surface area contributed by atoms with E-state index in [1.165, 1.54) is 0 Å². The van der Waals surface area contributed by atoms with E-state index in [1.807, 2.05) is 67.6 Å². The van der Waals surface area contributed by atoms with E-state index in [0.29, 0.717) is 17.2 Å². The topological polar surface area (TPSA) is 61.4 Å². The second-order valence-electron chi connectivity index (χ2n) is 9.50. The first-order chi connectivity index (χ1) is 19.4. The SMILES string of the molecule is Cc1c[c-]n(-c2cccc(C3(c4cccc(-n5[c-]cc(C(F)(F)F)n5)n4)c4ccccc4-c4ccccc43)n2)n1.[Pt+2]. The number of rotatable bonds is 4. The Morgan fingerprint density at radius 2 is 1.17 bits per heavy atom. The number of hydrogen-bond donors (Lipinski definition) is 0. The molecular formula is C31H19F3N6Pt. The van der Waals surface area contributed by atoms with Gasteiger partial charge in [0.25, 0.3) is 0 Å². The fourth-order valence-electron chi connectivity index (χ4n) is 5.45. The molecule has 0 atom stereocenters. The Kier molecular flexibility index (Phi) is 6.50. The molecule has 2 aromatic carbocycles. The molecule has 0 fully saturated rings. The first-order valence-electron chi connectivity index (χ1n) is 12.5. The predicted octanol–water partition coefficient (Wildman–Crippen LogP) is 6.14. The molecular weight excluding hydrogens is 708 g/mol. The first kappa shape index (κ1) is 26.8. The molecule has 6 nitrogen and oxygen atoms in total. The Hall–Kier alpha value is -4.36. The standard InChI is InChI=1S/C31H19F3N6.Pt/c1-20-16-18-39(37-20)28-14-6-12-25(35-28)30(23-10-4-2-8-21(23)22-9-3-5-11-24(22)30)26-13-7-15-29(36-26)40-19-17-27(38-40)31(32,33)34;/h2-17H,1H3;/q-2;+2. The van der Waals surface area contributed by atoms with Crippen LogP contribution in [-0.4, -0.2) is 29.5 Å². The van der Waals surface area contributed by atoms with Crippen LogP contribution in [0.15, 0.2) is 97.1 Å². The minimum atomic E-state index is -4.59. The van der Waals surface area contributed by atoms with Crippen molar-refractivity contribution in [1.29, 1.82) is 0 Å². The number of aryl methyl sites for hydroxylation is 1. The molecule has 6 aromatic rings. The van der Waals surface area contributed by atoms with Crippen molar-refractivity contribution in [3.05, 3.63) is 143 Å². The summed E-state index contributed by atoms with van der Waals surface area (Å²) in [7, 11) is 0. The molecule has 1 aliphatic rings. The van der Waals surface area contributed by atoms with Gasteiger partial charge in [-0.05, 0) is 40.1 Å². The second-order valence-corrected chi connectivity index (χ2v) is 9.50. The van der Waals surface area contributed by atoms with Gasteiger partial charge in [-0.1, -0.05) is 92.1 Å². The largest absolute Gasteiger partial charge is 2.00 e. The van der Waals surface area contributed by atoms with Crippen LogP contribution in [0.1, 0.15) is 33.9 Å². The maximum atomic E-state index is 13.3. The summed E-state index contributed by atoms with van der Waals surface area (Å²) in [5, 5.41) is 8.19. The summed E-state index contributed by atoms with van der Waals surface area (Å²) >= 11 is 0. The number of fused-ring (bicyclic) bond motifs is 3. The zero-order chi connectivity index (χ0) is 27.5. The van der Waals surface area contributed by atoms with Crippen LogP contribution in [0.25, 0.3) is 22.8 Å². The van der Waals surface area contributed by atoms with Crippen molar-refractivity contribution in [2.75, 3.05) is 0 Å². The maximum absolute atomic E-state index is 13.3. The summed E-state index contributed by atoms with van der Waals surface area (Å²) in [5.74, 6) is 0.791. The van der Waals surface area contributed by atoms with Gasteiger partial charge in [0.15, 0.2) is 0 Å². The van der Waals surface area contributed by atoms with Gasteiger partial charge >= 0.3 is 27.2 Å². The van der Waals surface area contributed by atoms with Gasteiger partial charge in [0.1, 0.15) is 5.41 Å². The van der Waals surface area contributed by atoms with Gasteiger partial charge in [-0.15, -0.1) is 12.1 Å². The number of hydrogen-bond acceptors (Lipinski definition) is 4. The van der Waals surface area contributed by atoms with Crippen LogP contribution < -0.4 is 0 Å². The van der Waals surface area contributed by atoms with Gasteiger partial charge in [0.05, 0.1) is 17.3 Å². The van der Waals surface area contributed by atoms with E-state index in [4.69, 9.17) is 9.97 Å². The third-order valence-corrected chi connectivity index (χ3v) is 7.10. The summed E-state index contributed by atoms with van der Waals surface area (Å²) < 4.78 is 42.5. The molecule has 41 heavy (non-hydrogen) atoms. The van der Waals surface area contributed by atoms with Crippen molar-refractivity contribution < 1.29 is 34.2 Å². The molecule has 0 saturated carbocycles. The molecule has 4 heterocycles. The number of benzene rings is 2. The third kappa shape index (κ3) is 4.23. The van der Waals surface area contributed by atoms with Gasteiger partial charge in [-0.3, -0.25) is 20.2 Å². The average Bonchev–Trinajstić information content (AvgIpc) is 3.70. The molecule has 0 N–H and O–H groups in total. The Morgan fingerprint density at radius 3 is 1.66 bits per heavy atom. The molecule has 0 spiro atoms. The summed E-state index contributed by atoms with van der Waals surface area (Å²) in [4.78, 5) is 9.98. The normalized spacial score (nSPS) is 13.4. The van der Waals surface area contributed by atoms with Crippen LogP contribution in [0.2, 0.25) is 0 Å². The van der Waals surface area contributed by atoms with Gasteiger partial charge in [-0.2, -0.15) is 13.2 Å². The van der Waals surface area contributed by atoms with Gasteiger partial charge < -0.3 is 9.36 Å². The van der Waals surface area contributed by atoms with E-state index in [-0.39, 0.29) is 26.9 Å². The monoisotopic (exact) mass is 727 g/mol. The summed E-state index contributed by atoms with van der Waals surface area (Å²) in [6, 6.07) is 29.7. The average molecular weight is 728 g/mol. The summed E-state index contributed by atoms with van der Waals surface area (Å²) in [6.45, 7) is 1.88.